The summed E-state index contributed by atoms with van der Waals surface area (Å²) >= 11 is 0. The second-order valence-corrected chi connectivity index (χ2v) is 8.43. The first-order valence-electron chi connectivity index (χ1n) is 10.9. The first-order chi connectivity index (χ1) is 13.6. The summed E-state index contributed by atoms with van der Waals surface area (Å²) in [5, 5.41) is 6.83. The van der Waals surface area contributed by atoms with E-state index in [1.54, 1.807) is 0 Å². The Morgan fingerprint density at radius 2 is 2.00 bits per heavy atom. The molecular weight excluding hydrogens is 352 g/mol. The predicted octanol–water partition coefficient (Wildman–Crippen LogP) is 2.35. The summed E-state index contributed by atoms with van der Waals surface area (Å²) in [4.78, 5) is 13.0. The van der Waals surface area contributed by atoms with E-state index in [-0.39, 0.29) is 17.8 Å². The molecule has 2 aliphatic heterocycles. The van der Waals surface area contributed by atoms with E-state index >= 15 is 0 Å². The molecule has 2 aromatic rings. The van der Waals surface area contributed by atoms with Crippen LogP contribution in [0.2, 0.25) is 0 Å². The number of para-hydroxylation sites is 1. The highest BCUT2D eigenvalue weighted by Crippen LogP contribution is 2.25. The molecule has 0 spiro atoms. The Bertz CT molecular complexity index is 844. The van der Waals surface area contributed by atoms with Crippen LogP contribution in [0.4, 0.5) is 0 Å². The fourth-order valence-electron chi connectivity index (χ4n) is 4.81. The van der Waals surface area contributed by atoms with Gasteiger partial charge in [-0.1, -0.05) is 12.1 Å². The van der Waals surface area contributed by atoms with Gasteiger partial charge in [0.25, 0.3) is 0 Å². The molecule has 0 radical (unpaired) electrons. The zero-order valence-electron chi connectivity index (χ0n) is 17.2. The van der Waals surface area contributed by atoms with Crippen molar-refractivity contribution in [1.82, 2.24) is 19.8 Å². The van der Waals surface area contributed by atoms with E-state index in [4.69, 9.17) is 4.74 Å². The highest BCUT2D eigenvalue weighted by molar-refractivity contribution is 5.80. The summed E-state index contributed by atoms with van der Waals surface area (Å²) in [7, 11) is 1.91. The Kier molecular flexibility index (Phi) is 6.19. The van der Waals surface area contributed by atoms with Gasteiger partial charge < -0.3 is 15.4 Å². The number of hydrogen-bond donors (Lipinski definition) is 2. The topological polar surface area (TPSA) is 60.2 Å². The average Bonchev–Trinajstić information content (AvgIpc) is 2.99. The van der Waals surface area contributed by atoms with E-state index in [9.17, 15) is 4.79 Å². The SMILES string of the molecule is C[C@@H](CCc1cccc2c1n(C)c(=O)n2C1CCCNC1)OC1CCNCC1. The van der Waals surface area contributed by atoms with Gasteiger partial charge in [-0.05, 0) is 76.7 Å². The lowest BCUT2D eigenvalue weighted by atomic mass is 10.0. The zero-order chi connectivity index (χ0) is 19.5. The molecule has 0 aliphatic carbocycles. The van der Waals surface area contributed by atoms with Crippen molar-refractivity contribution in [1.29, 1.82) is 0 Å². The maximum absolute atomic E-state index is 13.0. The summed E-state index contributed by atoms with van der Waals surface area (Å²) in [5.41, 5.74) is 3.52. The lowest BCUT2D eigenvalue weighted by Crippen LogP contribution is -2.36. The van der Waals surface area contributed by atoms with Crippen LogP contribution in [0.25, 0.3) is 11.0 Å². The van der Waals surface area contributed by atoms with Crippen LogP contribution in [0.15, 0.2) is 23.0 Å². The predicted molar refractivity (Wildman–Crippen MR) is 113 cm³/mol. The van der Waals surface area contributed by atoms with E-state index in [1.165, 1.54) is 5.56 Å². The van der Waals surface area contributed by atoms with Crippen molar-refractivity contribution in [3.63, 3.8) is 0 Å². The molecular formula is C22H34N4O2. The first kappa shape index (κ1) is 19.7. The number of nitrogens with zero attached hydrogens (tertiary/aromatic N) is 2. The molecule has 6 nitrogen and oxygen atoms in total. The molecule has 4 rings (SSSR count). The molecule has 154 valence electrons. The molecule has 2 aliphatic rings. The van der Waals surface area contributed by atoms with Gasteiger partial charge in [-0.3, -0.25) is 9.13 Å². The largest absolute Gasteiger partial charge is 0.375 e. The molecule has 2 atom stereocenters. The van der Waals surface area contributed by atoms with Crippen LogP contribution in [-0.2, 0) is 18.2 Å². The highest BCUT2D eigenvalue weighted by Gasteiger charge is 2.23. The van der Waals surface area contributed by atoms with Crippen molar-refractivity contribution in [3.05, 3.63) is 34.2 Å². The second-order valence-electron chi connectivity index (χ2n) is 8.43. The Labute approximate surface area is 167 Å². The second kappa shape index (κ2) is 8.80. The van der Waals surface area contributed by atoms with Gasteiger partial charge in [0, 0.05) is 13.6 Å². The number of ether oxygens (including phenoxy) is 1. The van der Waals surface area contributed by atoms with Gasteiger partial charge in [-0.2, -0.15) is 0 Å². The quantitative estimate of drug-likeness (QED) is 0.800. The number of nitrogens with one attached hydrogen (secondary N) is 2. The van der Waals surface area contributed by atoms with Crippen molar-refractivity contribution in [2.45, 2.75) is 63.7 Å². The lowest BCUT2D eigenvalue weighted by molar-refractivity contribution is -0.0204. The van der Waals surface area contributed by atoms with Gasteiger partial charge >= 0.3 is 5.69 Å². The monoisotopic (exact) mass is 386 g/mol. The van der Waals surface area contributed by atoms with Crippen molar-refractivity contribution < 1.29 is 4.74 Å². The van der Waals surface area contributed by atoms with Crippen molar-refractivity contribution in [2.24, 2.45) is 7.05 Å². The minimum Gasteiger partial charge on any atom is -0.375 e. The van der Waals surface area contributed by atoms with Crippen LogP contribution in [0.5, 0.6) is 0 Å². The van der Waals surface area contributed by atoms with E-state index < -0.39 is 0 Å². The smallest absolute Gasteiger partial charge is 0.329 e. The molecule has 1 aromatic heterocycles. The van der Waals surface area contributed by atoms with Crippen LogP contribution in [-0.4, -0.2) is 47.5 Å². The third-order valence-corrected chi connectivity index (χ3v) is 6.35. The van der Waals surface area contributed by atoms with Crippen molar-refractivity contribution in [2.75, 3.05) is 26.2 Å². The van der Waals surface area contributed by atoms with Crippen LogP contribution in [0.1, 0.15) is 50.6 Å². The van der Waals surface area contributed by atoms with Gasteiger partial charge in [0.15, 0.2) is 0 Å². The van der Waals surface area contributed by atoms with Crippen LogP contribution >= 0.6 is 0 Å². The van der Waals surface area contributed by atoms with Crippen molar-refractivity contribution >= 4 is 11.0 Å². The molecule has 1 aromatic carbocycles. The summed E-state index contributed by atoms with van der Waals surface area (Å²) in [5.74, 6) is 0. The molecule has 0 bridgehead atoms. The van der Waals surface area contributed by atoms with Gasteiger partial charge in [0.1, 0.15) is 0 Å². The van der Waals surface area contributed by atoms with Gasteiger partial charge in [0.05, 0.1) is 29.3 Å². The Morgan fingerprint density at radius 3 is 2.75 bits per heavy atom. The average molecular weight is 387 g/mol. The standard InChI is InChI=1S/C22H34N4O2/c1-16(28-19-10-13-23-14-11-19)8-9-17-5-3-7-20-21(17)25(2)22(27)26(20)18-6-4-12-24-15-18/h3,5,7,16,18-19,23-24H,4,6,8-15H2,1-2H3/t16-,18?/m0/s1. The molecule has 6 heteroatoms. The Hall–Kier alpha value is -1.63. The van der Waals surface area contributed by atoms with Crippen molar-refractivity contribution in [3.8, 4) is 0 Å². The number of hydrogen-bond acceptors (Lipinski definition) is 4. The molecule has 2 fully saturated rings. The van der Waals surface area contributed by atoms with Gasteiger partial charge in [0.2, 0.25) is 0 Å². The molecule has 1 unspecified atom stereocenters. The highest BCUT2D eigenvalue weighted by atomic mass is 16.5. The number of fused-ring (bicyclic) bond motifs is 1. The zero-order valence-corrected chi connectivity index (χ0v) is 17.2. The molecule has 0 saturated carbocycles. The third-order valence-electron chi connectivity index (χ3n) is 6.35. The van der Waals surface area contributed by atoms with E-state index in [1.807, 2.05) is 16.2 Å². The number of aryl methyl sites for hydroxylation is 2. The fourth-order valence-corrected chi connectivity index (χ4v) is 4.81. The molecule has 3 heterocycles. The summed E-state index contributed by atoms with van der Waals surface area (Å²) in [6.07, 6.45) is 6.93. The third kappa shape index (κ3) is 4.04. The minimum absolute atomic E-state index is 0.107. The summed E-state index contributed by atoms with van der Waals surface area (Å²) in [6.45, 7) is 6.23. The molecule has 2 saturated heterocycles. The van der Waals surface area contributed by atoms with Crippen LogP contribution < -0.4 is 16.3 Å². The van der Waals surface area contributed by atoms with E-state index in [0.29, 0.717) is 6.10 Å². The number of piperidine rings is 2. The number of imidazole rings is 1. The van der Waals surface area contributed by atoms with E-state index in [2.05, 4.69) is 35.8 Å². The molecule has 0 amide bonds. The Morgan fingerprint density at radius 1 is 1.18 bits per heavy atom. The normalized spacial score (nSPS) is 22.6. The van der Waals surface area contributed by atoms with Gasteiger partial charge in [-0.15, -0.1) is 0 Å². The number of benzene rings is 1. The van der Waals surface area contributed by atoms with Crippen LogP contribution in [0, 0.1) is 0 Å². The maximum atomic E-state index is 13.0. The molecule has 28 heavy (non-hydrogen) atoms. The van der Waals surface area contributed by atoms with E-state index in [0.717, 1.165) is 75.7 Å². The molecule has 2 N–H and O–H groups in total. The Balaban J connectivity index is 1.52. The summed E-state index contributed by atoms with van der Waals surface area (Å²) in [6, 6.07) is 6.62. The van der Waals surface area contributed by atoms with Crippen LogP contribution in [0.3, 0.4) is 0 Å². The fraction of sp³-hybridized carbons (Fsp3) is 0.682. The summed E-state index contributed by atoms with van der Waals surface area (Å²) < 4.78 is 10.1. The lowest BCUT2D eigenvalue weighted by Gasteiger charge is -2.26. The number of rotatable bonds is 6. The van der Waals surface area contributed by atoms with Gasteiger partial charge in [-0.25, -0.2) is 4.79 Å². The first-order valence-corrected chi connectivity index (χ1v) is 10.9. The number of aromatic nitrogens is 2. The maximum Gasteiger partial charge on any atom is 0.329 e. The minimum atomic E-state index is 0.107.